The molecule has 0 saturated heterocycles. The number of benzene rings is 1. The van der Waals surface area contributed by atoms with Crippen LogP contribution in [-0.4, -0.2) is 6.54 Å². The minimum absolute atomic E-state index is 0.538. The van der Waals surface area contributed by atoms with E-state index in [1.54, 1.807) is 0 Å². The van der Waals surface area contributed by atoms with E-state index in [-0.39, 0.29) is 0 Å². The minimum atomic E-state index is 0.538. The number of nitrogens with one attached hydrogen (secondary N) is 1. The third kappa shape index (κ3) is 2.32. The van der Waals surface area contributed by atoms with Crippen LogP contribution in [0, 0.1) is 0 Å². The Labute approximate surface area is 73.8 Å². The zero-order chi connectivity index (χ0) is 8.81. The van der Waals surface area contributed by atoms with Crippen molar-refractivity contribution in [2.24, 2.45) is 5.84 Å². The fourth-order valence-electron chi connectivity index (χ4n) is 1.37. The fraction of sp³-hybridized carbons (Fsp3) is 0.400. The van der Waals surface area contributed by atoms with E-state index >= 15 is 0 Å². The van der Waals surface area contributed by atoms with Gasteiger partial charge in [0.15, 0.2) is 0 Å². The monoisotopic (exact) mass is 164 g/mol. The number of nitrogens with two attached hydrogens (primary N) is 1. The minimum Gasteiger partial charge on any atom is -0.271 e. The van der Waals surface area contributed by atoms with Crippen molar-refractivity contribution in [2.45, 2.75) is 19.3 Å². The lowest BCUT2D eigenvalue weighted by Crippen LogP contribution is -2.27. The number of hydrogen-bond acceptors (Lipinski definition) is 2. The van der Waals surface area contributed by atoms with Crippen LogP contribution < -0.4 is 11.3 Å². The summed E-state index contributed by atoms with van der Waals surface area (Å²) in [5.41, 5.74) is 4.08. The second-order valence-corrected chi connectivity index (χ2v) is 2.92. The van der Waals surface area contributed by atoms with Crippen molar-refractivity contribution in [1.82, 2.24) is 5.43 Å². The predicted octanol–water partition coefficient (Wildman–Crippen LogP) is 1.64. The molecule has 0 saturated carbocycles. The third-order valence-electron chi connectivity index (χ3n) is 2.13. The van der Waals surface area contributed by atoms with E-state index in [0.717, 1.165) is 13.0 Å². The molecule has 3 N–H and O–H groups in total. The summed E-state index contributed by atoms with van der Waals surface area (Å²) in [5.74, 6) is 5.83. The molecule has 1 aromatic carbocycles. The number of hydrogen-bond donors (Lipinski definition) is 2. The summed E-state index contributed by atoms with van der Waals surface area (Å²) in [5, 5.41) is 0. The molecule has 0 spiro atoms. The Morgan fingerprint density at radius 2 is 2.00 bits per heavy atom. The Kier molecular flexibility index (Phi) is 3.77. The largest absolute Gasteiger partial charge is 0.271 e. The highest BCUT2D eigenvalue weighted by Crippen LogP contribution is 2.17. The lowest BCUT2D eigenvalue weighted by Gasteiger charge is -2.13. The van der Waals surface area contributed by atoms with Gasteiger partial charge >= 0.3 is 0 Å². The van der Waals surface area contributed by atoms with Gasteiger partial charge in [-0.05, 0) is 17.9 Å². The van der Waals surface area contributed by atoms with Crippen molar-refractivity contribution in [2.75, 3.05) is 6.54 Å². The molecule has 2 heteroatoms. The Morgan fingerprint density at radius 3 is 2.50 bits per heavy atom. The lowest BCUT2D eigenvalue weighted by molar-refractivity contribution is 0.586. The van der Waals surface area contributed by atoms with Crippen LogP contribution in [0.4, 0.5) is 0 Å². The maximum Gasteiger partial charge on any atom is 0.0166 e. The van der Waals surface area contributed by atoms with Crippen LogP contribution in [0.25, 0.3) is 0 Å². The van der Waals surface area contributed by atoms with Crippen molar-refractivity contribution in [1.29, 1.82) is 0 Å². The molecule has 1 rings (SSSR count). The van der Waals surface area contributed by atoms with Crippen LogP contribution in [0.15, 0.2) is 30.3 Å². The summed E-state index contributed by atoms with van der Waals surface area (Å²) >= 11 is 0. The van der Waals surface area contributed by atoms with Crippen molar-refractivity contribution in [3.63, 3.8) is 0 Å². The summed E-state index contributed by atoms with van der Waals surface area (Å²) < 4.78 is 0. The van der Waals surface area contributed by atoms with E-state index < -0.39 is 0 Å². The second-order valence-electron chi connectivity index (χ2n) is 2.92. The molecule has 1 aromatic rings. The van der Waals surface area contributed by atoms with Gasteiger partial charge in [-0.1, -0.05) is 37.3 Å². The van der Waals surface area contributed by atoms with Crippen molar-refractivity contribution >= 4 is 0 Å². The maximum absolute atomic E-state index is 5.29. The van der Waals surface area contributed by atoms with E-state index in [1.165, 1.54) is 5.56 Å². The zero-order valence-electron chi connectivity index (χ0n) is 7.46. The summed E-state index contributed by atoms with van der Waals surface area (Å²) in [6.07, 6.45) is 1.12. The Bertz CT molecular complexity index is 208. The molecule has 1 unspecified atom stereocenters. The first-order chi connectivity index (χ1) is 5.88. The van der Waals surface area contributed by atoms with Gasteiger partial charge in [0, 0.05) is 6.54 Å². The highest BCUT2D eigenvalue weighted by atomic mass is 15.2. The van der Waals surface area contributed by atoms with E-state index in [2.05, 4.69) is 36.6 Å². The standard InChI is InChI=1S/C10H16N2/c1-2-9(8-12-11)10-6-4-3-5-7-10/h3-7,9,12H,2,8,11H2,1H3. The smallest absolute Gasteiger partial charge is 0.0166 e. The number of hydrazine groups is 1. The quantitative estimate of drug-likeness (QED) is 0.524. The normalized spacial score (nSPS) is 12.8. The van der Waals surface area contributed by atoms with Crippen LogP contribution in [0.2, 0.25) is 0 Å². The van der Waals surface area contributed by atoms with Crippen molar-refractivity contribution in [3.05, 3.63) is 35.9 Å². The van der Waals surface area contributed by atoms with Gasteiger partial charge in [0.1, 0.15) is 0 Å². The molecule has 0 amide bonds. The molecular formula is C10H16N2. The topological polar surface area (TPSA) is 38.0 Å². The van der Waals surface area contributed by atoms with E-state index in [9.17, 15) is 0 Å². The lowest BCUT2D eigenvalue weighted by atomic mass is 9.97. The van der Waals surface area contributed by atoms with Gasteiger partial charge in [-0.2, -0.15) is 0 Å². The molecule has 2 nitrogen and oxygen atoms in total. The first kappa shape index (κ1) is 9.23. The maximum atomic E-state index is 5.29. The molecule has 0 fully saturated rings. The zero-order valence-corrected chi connectivity index (χ0v) is 7.46. The molecule has 0 radical (unpaired) electrons. The number of rotatable bonds is 4. The van der Waals surface area contributed by atoms with Gasteiger partial charge < -0.3 is 0 Å². The SMILES string of the molecule is CCC(CNN)c1ccccc1. The second kappa shape index (κ2) is 4.91. The van der Waals surface area contributed by atoms with Gasteiger partial charge in [0.25, 0.3) is 0 Å². The average molecular weight is 164 g/mol. The van der Waals surface area contributed by atoms with Gasteiger partial charge in [-0.3, -0.25) is 11.3 Å². The predicted molar refractivity (Wildman–Crippen MR) is 51.7 cm³/mol. The van der Waals surface area contributed by atoms with E-state index in [4.69, 9.17) is 5.84 Å². The Hall–Kier alpha value is -0.860. The highest BCUT2D eigenvalue weighted by Gasteiger charge is 2.06. The Morgan fingerprint density at radius 1 is 1.33 bits per heavy atom. The van der Waals surface area contributed by atoms with Crippen molar-refractivity contribution in [3.8, 4) is 0 Å². The first-order valence-electron chi connectivity index (χ1n) is 4.37. The molecule has 0 heterocycles. The molecule has 0 aliphatic carbocycles. The summed E-state index contributed by atoms with van der Waals surface area (Å²) in [4.78, 5) is 0. The highest BCUT2D eigenvalue weighted by molar-refractivity contribution is 5.19. The van der Waals surface area contributed by atoms with Gasteiger partial charge in [0.2, 0.25) is 0 Å². The average Bonchev–Trinajstić information content (AvgIpc) is 2.15. The van der Waals surface area contributed by atoms with Crippen LogP contribution in [0.5, 0.6) is 0 Å². The molecule has 0 bridgehead atoms. The van der Waals surface area contributed by atoms with Crippen LogP contribution in [-0.2, 0) is 0 Å². The van der Waals surface area contributed by atoms with Gasteiger partial charge in [-0.25, -0.2) is 0 Å². The van der Waals surface area contributed by atoms with E-state index in [1.807, 2.05) is 6.07 Å². The third-order valence-corrected chi connectivity index (χ3v) is 2.13. The summed E-state index contributed by atoms with van der Waals surface area (Å²) in [6, 6.07) is 10.5. The molecule has 66 valence electrons. The first-order valence-corrected chi connectivity index (χ1v) is 4.37. The van der Waals surface area contributed by atoms with Crippen LogP contribution in [0.3, 0.4) is 0 Å². The fourth-order valence-corrected chi connectivity index (χ4v) is 1.37. The molecule has 0 aliphatic heterocycles. The van der Waals surface area contributed by atoms with Gasteiger partial charge in [-0.15, -0.1) is 0 Å². The molecular weight excluding hydrogens is 148 g/mol. The molecule has 0 aliphatic rings. The summed E-state index contributed by atoms with van der Waals surface area (Å²) in [7, 11) is 0. The van der Waals surface area contributed by atoms with Crippen LogP contribution >= 0.6 is 0 Å². The van der Waals surface area contributed by atoms with Crippen molar-refractivity contribution < 1.29 is 0 Å². The molecule has 12 heavy (non-hydrogen) atoms. The molecule has 0 aromatic heterocycles. The van der Waals surface area contributed by atoms with Crippen LogP contribution in [0.1, 0.15) is 24.8 Å². The Balaban J connectivity index is 2.66. The van der Waals surface area contributed by atoms with Gasteiger partial charge in [0.05, 0.1) is 0 Å². The molecule has 1 atom stereocenters. The van der Waals surface area contributed by atoms with E-state index in [0.29, 0.717) is 5.92 Å². The summed E-state index contributed by atoms with van der Waals surface area (Å²) in [6.45, 7) is 3.02.